The number of anilines is 1. The Balaban J connectivity index is 2.34. The minimum absolute atomic E-state index is 0.0740. The molecule has 1 aliphatic rings. The van der Waals surface area contributed by atoms with Gasteiger partial charge in [-0.05, 0) is 43.5 Å². The highest BCUT2D eigenvalue weighted by Crippen LogP contribution is 2.36. The Labute approximate surface area is 132 Å². The Morgan fingerprint density at radius 2 is 2.13 bits per heavy atom. The number of nitriles is 1. The molecule has 0 aromatic heterocycles. The molecule has 0 atom stereocenters. The van der Waals surface area contributed by atoms with E-state index in [-0.39, 0.29) is 18.1 Å². The number of nitrogens with zero attached hydrogens (tertiary/aromatic N) is 2. The third kappa shape index (κ3) is 4.45. The van der Waals surface area contributed by atoms with E-state index in [0.717, 1.165) is 25.0 Å². The number of hydrogen-bond acceptors (Lipinski definition) is 3. The number of halogens is 3. The van der Waals surface area contributed by atoms with Gasteiger partial charge in [-0.3, -0.25) is 4.79 Å². The highest BCUT2D eigenvalue weighted by atomic mass is 19.4. The van der Waals surface area contributed by atoms with Crippen molar-refractivity contribution in [2.45, 2.75) is 25.9 Å². The second-order valence-electron chi connectivity index (χ2n) is 5.57. The van der Waals surface area contributed by atoms with Crippen molar-refractivity contribution < 1.29 is 18.0 Å². The molecule has 0 saturated heterocycles. The number of nitrogens with one attached hydrogen (secondary N) is 1. The Hall–Kier alpha value is -2.07. The highest BCUT2D eigenvalue weighted by Gasteiger charge is 2.35. The van der Waals surface area contributed by atoms with Crippen molar-refractivity contribution in [2.24, 2.45) is 5.92 Å². The van der Waals surface area contributed by atoms with E-state index >= 15 is 0 Å². The molecule has 1 saturated carbocycles. The molecule has 1 N–H and O–H groups in total. The van der Waals surface area contributed by atoms with E-state index in [1.54, 1.807) is 6.07 Å². The smallest absolute Gasteiger partial charge is 0.311 e. The van der Waals surface area contributed by atoms with Gasteiger partial charge in [0, 0.05) is 12.2 Å². The largest absolute Gasteiger partial charge is 0.417 e. The van der Waals surface area contributed by atoms with Crippen LogP contribution >= 0.6 is 0 Å². The maximum Gasteiger partial charge on any atom is 0.417 e. The highest BCUT2D eigenvalue weighted by molar-refractivity contribution is 5.95. The standard InChI is InChI=1S/C16H18F3N3O/c1-2-21-9-15(23)22(10-11-3-4-11)13-6-5-12(8-20)14(7-13)16(17,18)19/h5-7,11,21H,2-4,9-10H2,1H3. The van der Waals surface area contributed by atoms with Crippen molar-refractivity contribution in [3.05, 3.63) is 29.3 Å². The van der Waals surface area contributed by atoms with Crippen LogP contribution in [0.2, 0.25) is 0 Å². The summed E-state index contributed by atoms with van der Waals surface area (Å²) in [6, 6.07) is 4.97. The molecule has 1 amide bonds. The Morgan fingerprint density at radius 3 is 2.65 bits per heavy atom. The third-order valence-corrected chi connectivity index (χ3v) is 3.71. The minimum Gasteiger partial charge on any atom is -0.311 e. The van der Waals surface area contributed by atoms with Crippen LogP contribution in [0.15, 0.2) is 18.2 Å². The van der Waals surface area contributed by atoms with Crippen molar-refractivity contribution in [1.29, 1.82) is 5.26 Å². The van der Waals surface area contributed by atoms with Crippen LogP contribution in [0.3, 0.4) is 0 Å². The molecule has 2 rings (SSSR count). The zero-order valence-corrected chi connectivity index (χ0v) is 12.8. The van der Waals surface area contributed by atoms with Crippen LogP contribution < -0.4 is 10.2 Å². The number of rotatable bonds is 6. The van der Waals surface area contributed by atoms with Crippen LogP contribution in [0.25, 0.3) is 0 Å². The summed E-state index contributed by atoms with van der Waals surface area (Å²) >= 11 is 0. The molecule has 23 heavy (non-hydrogen) atoms. The predicted octanol–water partition coefficient (Wildman–Crippen LogP) is 2.93. The van der Waals surface area contributed by atoms with Gasteiger partial charge in [0.25, 0.3) is 0 Å². The molecule has 1 aliphatic carbocycles. The molecule has 0 aliphatic heterocycles. The number of alkyl halides is 3. The molecule has 4 nitrogen and oxygen atoms in total. The topological polar surface area (TPSA) is 56.1 Å². The Bertz CT molecular complexity index is 618. The van der Waals surface area contributed by atoms with Crippen LogP contribution in [-0.4, -0.2) is 25.5 Å². The van der Waals surface area contributed by atoms with Crippen LogP contribution in [-0.2, 0) is 11.0 Å². The van der Waals surface area contributed by atoms with E-state index in [4.69, 9.17) is 5.26 Å². The van der Waals surface area contributed by atoms with E-state index in [1.807, 2.05) is 6.92 Å². The molecule has 7 heteroatoms. The summed E-state index contributed by atoms with van der Waals surface area (Å²) in [5, 5.41) is 11.7. The molecular weight excluding hydrogens is 307 g/mol. The average Bonchev–Trinajstić information content (AvgIpc) is 3.33. The van der Waals surface area contributed by atoms with Crippen molar-refractivity contribution in [2.75, 3.05) is 24.5 Å². The number of hydrogen-bond donors (Lipinski definition) is 1. The third-order valence-electron chi connectivity index (χ3n) is 3.71. The summed E-state index contributed by atoms with van der Waals surface area (Å²) < 4.78 is 39.3. The molecule has 1 fully saturated rings. The van der Waals surface area contributed by atoms with Crippen LogP contribution in [0, 0.1) is 17.2 Å². The summed E-state index contributed by atoms with van der Waals surface area (Å²) in [6.45, 7) is 2.93. The quantitative estimate of drug-likeness (QED) is 0.875. The molecule has 0 spiro atoms. The van der Waals surface area contributed by atoms with Gasteiger partial charge in [-0.15, -0.1) is 0 Å². The van der Waals surface area contributed by atoms with Gasteiger partial charge >= 0.3 is 6.18 Å². The van der Waals surface area contributed by atoms with Crippen molar-refractivity contribution in [1.82, 2.24) is 5.32 Å². The van der Waals surface area contributed by atoms with E-state index in [0.29, 0.717) is 19.0 Å². The second kappa shape index (κ2) is 7.01. The van der Waals surface area contributed by atoms with Crippen molar-refractivity contribution in [3.8, 4) is 6.07 Å². The SMILES string of the molecule is CCNCC(=O)N(CC1CC1)c1ccc(C#N)c(C(F)(F)F)c1. The monoisotopic (exact) mass is 325 g/mol. The molecule has 0 radical (unpaired) electrons. The fraction of sp³-hybridized carbons (Fsp3) is 0.500. The van der Waals surface area contributed by atoms with Gasteiger partial charge in [-0.1, -0.05) is 6.92 Å². The lowest BCUT2D eigenvalue weighted by Crippen LogP contribution is -2.39. The number of benzene rings is 1. The zero-order chi connectivity index (χ0) is 17.0. The van der Waals surface area contributed by atoms with Crippen LogP contribution in [0.5, 0.6) is 0 Å². The summed E-state index contributed by atoms with van der Waals surface area (Å²) in [4.78, 5) is 13.7. The molecule has 124 valence electrons. The fourth-order valence-corrected chi connectivity index (χ4v) is 2.27. The first kappa shape index (κ1) is 17.3. The lowest BCUT2D eigenvalue weighted by molar-refractivity contribution is -0.137. The first-order chi connectivity index (χ1) is 10.9. The first-order valence-electron chi connectivity index (χ1n) is 7.49. The molecule has 0 bridgehead atoms. The summed E-state index contributed by atoms with van der Waals surface area (Å²) in [6.07, 6.45) is -2.67. The molecule has 0 heterocycles. The van der Waals surface area contributed by atoms with E-state index in [9.17, 15) is 18.0 Å². The maximum atomic E-state index is 13.1. The molecule has 1 aromatic carbocycles. The van der Waals surface area contributed by atoms with Crippen molar-refractivity contribution in [3.63, 3.8) is 0 Å². The summed E-state index contributed by atoms with van der Waals surface area (Å²) in [5.41, 5.74) is -1.26. The average molecular weight is 325 g/mol. The first-order valence-corrected chi connectivity index (χ1v) is 7.49. The fourth-order valence-electron chi connectivity index (χ4n) is 2.27. The van der Waals surface area contributed by atoms with Crippen LogP contribution in [0.1, 0.15) is 30.9 Å². The lowest BCUT2D eigenvalue weighted by atomic mass is 10.1. The van der Waals surface area contributed by atoms with Gasteiger partial charge in [0.15, 0.2) is 0 Å². The Morgan fingerprint density at radius 1 is 1.43 bits per heavy atom. The maximum absolute atomic E-state index is 13.1. The number of amides is 1. The predicted molar refractivity (Wildman–Crippen MR) is 79.8 cm³/mol. The van der Waals surface area contributed by atoms with E-state index < -0.39 is 17.3 Å². The normalized spacial score (nSPS) is 14.4. The van der Waals surface area contributed by atoms with Crippen LogP contribution in [0.4, 0.5) is 18.9 Å². The minimum atomic E-state index is -4.63. The number of carbonyl (C=O) groups excluding carboxylic acids is 1. The van der Waals surface area contributed by atoms with Crippen molar-refractivity contribution >= 4 is 11.6 Å². The summed E-state index contributed by atoms with van der Waals surface area (Å²) in [7, 11) is 0. The van der Waals surface area contributed by atoms with Gasteiger partial charge in [0.05, 0.1) is 23.7 Å². The van der Waals surface area contributed by atoms with Gasteiger partial charge in [0.1, 0.15) is 0 Å². The van der Waals surface area contributed by atoms with E-state index in [2.05, 4.69) is 5.32 Å². The van der Waals surface area contributed by atoms with Gasteiger partial charge in [-0.25, -0.2) is 0 Å². The van der Waals surface area contributed by atoms with Gasteiger partial charge in [0.2, 0.25) is 5.91 Å². The second-order valence-corrected chi connectivity index (χ2v) is 5.57. The number of likely N-dealkylation sites (N-methyl/N-ethyl adjacent to an activating group) is 1. The summed E-state index contributed by atoms with van der Waals surface area (Å²) in [5.74, 6) is 0.0714. The Kier molecular flexibility index (Phi) is 5.26. The van der Waals surface area contributed by atoms with E-state index in [1.165, 1.54) is 11.0 Å². The molecular formula is C16H18F3N3O. The van der Waals surface area contributed by atoms with Gasteiger partial charge < -0.3 is 10.2 Å². The molecule has 0 unspecified atom stereocenters. The lowest BCUT2D eigenvalue weighted by Gasteiger charge is -2.24. The zero-order valence-electron chi connectivity index (χ0n) is 12.8. The molecule has 1 aromatic rings. The number of carbonyl (C=O) groups is 1. The van der Waals surface area contributed by atoms with Gasteiger partial charge in [-0.2, -0.15) is 18.4 Å².